The van der Waals surface area contributed by atoms with Crippen LogP contribution in [0.4, 0.5) is 10.1 Å². The summed E-state index contributed by atoms with van der Waals surface area (Å²) in [5, 5.41) is 10.6. The summed E-state index contributed by atoms with van der Waals surface area (Å²) in [5.41, 5.74) is 1.73. The van der Waals surface area contributed by atoms with Crippen LogP contribution in [0.15, 0.2) is 47.1 Å². The Morgan fingerprint density at radius 2 is 2.07 bits per heavy atom. The van der Waals surface area contributed by atoms with Gasteiger partial charge in [0.15, 0.2) is 18.2 Å². The minimum atomic E-state index is -0.889. The lowest BCUT2D eigenvalue weighted by Gasteiger charge is -2.09. The molecule has 2 aromatic heterocycles. The van der Waals surface area contributed by atoms with Gasteiger partial charge in [-0.25, -0.2) is 4.39 Å². The van der Waals surface area contributed by atoms with Crippen molar-refractivity contribution in [2.45, 2.75) is 20.4 Å². The van der Waals surface area contributed by atoms with Crippen molar-refractivity contribution in [2.75, 3.05) is 6.61 Å². The predicted octanol–water partition coefficient (Wildman–Crippen LogP) is 4.06. The third kappa shape index (κ3) is 3.89. The number of carbonyl (C=O) groups excluding carboxylic acids is 1. The fraction of sp³-hybridized carbons (Fsp3) is 0.211. The Morgan fingerprint density at radius 3 is 2.70 bits per heavy atom. The quantitative estimate of drug-likeness (QED) is 0.355. The molecule has 27 heavy (non-hydrogen) atoms. The number of halogens is 1. The number of furan rings is 1. The molecule has 8 heteroatoms. The normalized spacial score (nSPS) is 10.8. The lowest BCUT2D eigenvalue weighted by molar-refractivity contribution is -0.385. The molecule has 0 radical (unpaired) electrons. The number of benzene rings is 1. The molecule has 7 nitrogen and oxygen atoms in total. The molecule has 0 fully saturated rings. The summed E-state index contributed by atoms with van der Waals surface area (Å²) in [5.74, 6) is -0.648. The van der Waals surface area contributed by atoms with Gasteiger partial charge < -0.3 is 13.7 Å². The second-order valence-electron chi connectivity index (χ2n) is 6.03. The highest BCUT2D eigenvalue weighted by Crippen LogP contribution is 2.23. The topological polar surface area (TPSA) is 87.5 Å². The molecule has 2 heterocycles. The fourth-order valence-corrected chi connectivity index (χ4v) is 2.83. The third-order valence-corrected chi connectivity index (χ3v) is 4.25. The number of rotatable bonds is 7. The molecule has 3 aromatic rings. The first-order chi connectivity index (χ1) is 12.9. The SMILES string of the molecule is Cc1cc(C(=O)COc2ccc([N+](=O)[O-])cc2F)c(C)n1Cc1ccco1. The third-order valence-electron chi connectivity index (χ3n) is 4.25. The van der Waals surface area contributed by atoms with E-state index in [2.05, 4.69) is 0 Å². The van der Waals surface area contributed by atoms with Gasteiger partial charge in [0.05, 0.1) is 23.8 Å². The molecule has 0 amide bonds. The molecule has 0 saturated carbocycles. The number of aryl methyl sites for hydroxylation is 1. The van der Waals surface area contributed by atoms with Gasteiger partial charge in [0.1, 0.15) is 5.76 Å². The number of ketones is 1. The number of Topliss-reactive ketones (excluding diaryl/α,β-unsaturated/α-hetero) is 1. The van der Waals surface area contributed by atoms with E-state index in [0.29, 0.717) is 12.1 Å². The van der Waals surface area contributed by atoms with Gasteiger partial charge in [0.25, 0.3) is 5.69 Å². The lowest BCUT2D eigenvalue weighted by Crippen LogP contribution is -2.13. The molecular weight excluding hydrogens is 355 g/mol. The van der Waals surface area contributed by atoms with Crippen molar-refractivity contribution in [3.05, 3.63) is 81.3 Å². The first kappa shape index (κ1) is 18.4. The number of carbonyl (C=O) groups is 1. The number of hydrogen-bond donors (Lipinski definition) is 0. The van der Waals surface area contributed by atoms with E-state index in [0.717, 1.165) is 35.3 Å². The van der Waals surface area contributed by atoms with Crippen molar-refractivity contribution in [1.82, 2.24) is 4.57 Å². The van der Waals surface area contributed by atoms with Gasteiger partial charge in [0, 0.05) is 23.0 Å². The minimum Gasteiger partial charge on any atom is -0.482 e. The Balaban J connectivity index is 1.72. The number of nitro benzene ring substituents is 1. The zero-order chi connectivity index (χ0) is 19.6. The fourth-order valence-electron chi connectivity index (χ4n) is 2.83. The average molecular weight is 372 g/mol. The molecule has 0 unspecified atom stereocenters. The highest BCUT2D eigenvalue weighted by molar-refractivity contribution is 5.98. The van der Waals surface area contributed by atoms with Crippen LogP contribution in [0.25, 0.3) is 0 Å². The maximum Gasteiger partial charge on any atom is 0.272 e. The van der Waals surface area contributed by atoms with Gasteiger partial charge in [0.2, 0.25) is 5.78 Å². The molecule has 3 rings (SSSR count). The molecule has 1 aromatic carbocycles. The van der Waals surface area contributed by atoms with Crippen LogP contribution in [-0.4, -0.2) is 21.9 Å². The molecule has 0 aliphatic carbocycles. The molecule has 0 bridgehead atoms. The first-order valence-electron chi connectivity index (χ1n) is 8.16. The number of nitro groups is 1. The second-order valence-corrected chi connectivity index (χ2v) is 6.03. The van der Waals surface area contributed by atoms with Crippen LogP contribution in [0, 0.1) is 29.8 Å². The number of hydrogen-bond acceptors (Lipinski definition) is 5. The molecular formula is C19H17FN2O5. The van der Waals surface area contributed by atoms with Crippen LogP contribution in [0.2, 0.25) is 0 Å². The van der Waals surface area contributed by atoms with Crippen molar-refractivity contribution in [3.8, 4) is 5.75 Å². The largest absolute Gasteiger partial charge is 0.482 e. The van der Waals surface area contributed by atoms with E-state index in [9.17, 15) is 19.3 Å². The van der Waals surface area contributed by atoms with Crippen LogP contribution < -0.4 is 4.74 Å². The molecule has 0 aliphatic rings. The molecule has 0 aliphatic heterocycles. The van der Waals surface area contributed by atoms with Gasteiger partial charge in [-0.3, -0.25) is 14.9 Å². The summed E-state index contributed by atoms with van der Waals surface area (Å²) in [6, 6.07) is 8.41. The summed E-state index contributed by atoms with van der Waals surface area (Å²) in [6.07, 6.45) is 1.59. The number of aromatic nitrogens is 1. The van der Waals surface area contributed by atoms with Crippen LogP contribution in [0.5, 0.6) is 5.75 Å². The van der Waals surface area contributed by atoms with Gasteiger partial charge in [-0.2, -0.15) is 0 Å². The smallest absolute Gasteiger partial charge is 0.272 e. The highest BCUT2D eigenvalue weighted by Gasteiger charge is 2.18. The summed E-state index contributed by atoms with van der Waals surface area (Å²) in [6.45, 7) is 3.81. The molecule has 0 atom stereocenters. The minimum absolute atomic E-state index is 0.210. The Hall–Kier alpha value is -3.42. The number of ether oxygens (including phenoxy) is 1. The Bertz CT molecular complexity index is 992. The molecule has 0 spiro atoms. The van der Waals surface area contributed by atoms with Crippen LogP contribution in [-0.2, 0) is 6.54 Å². The monoisotopic (exact) mass is 372 g/mol. The van der Waals surface area contributed by atoms with Crippen LogP contribution >= 0.6 is 0 Å². The van der Waals surface area contributed by atoms with Crippen molar-refractivity contribution >= 4 is 11.5 Å². The van der Waals surface area contributed by atoms with Crippen molar-refractivity contribution in [3.63, 3.8) is 0 Å². The number of nitrogens with zero attached hydrogens (tertiary/aromatic N) is 2. The summed E-state index contributed by atoms with van der Waals surface area (Å²) in [4.78, 5) is 22.4. The summed E-state index contributed by atoms with van der Waals surface area (Å²) >= 11 is 0. The Labute approximate surface area is 154 Å². The highest BCUT2D eigenvalue weighted by atomic mass is 19.1. The van der Waals surface area contributed by atoms with E-state index in [1.54, 1.807) is 18.4 Å². The predicted molar refractivity (Wildman–Crippen MR) is 94.6 cm³/mol. The van der Waals surface area contributed by atoms with Gasteiger partial charge in [-0.15, -0.1) is 0 Å². The molecule has 0 N–H and O–H groups in total. The maximum absolute atomic E-state index is 13.9. The standard InChI is InChI=1S/C19H17FN2O5/c1-12-8-16(13(2)21(12)10-15-4-3-7-26-15)18(23)11-27-19-6-5-14(22(24)25)9-17(19)20/h3-9H,10-11H2,1-2H3. The van der Waals surface area contributed by atoms with Crippen molar-refractivity contribution in [2.24, 2.45) is 0 Å². The van der Waals surface area contributed by atoms with E-state index in [4.69, 9.17) is 9.15 Å². The van der Waals surface area contributed by atoms with Gasteiger partial charge in [-0.05, 0) is 38.1 Å². The molecule has 0 saturated heterocycles. The average Bonchev–Trinajstić information content (AvgIpc) is 3.24. The summed E-state index contributed by atoms with van der Waals surface area (Å²) in [7, 11) is 0. The zero-order valence-electron chi connectivity index (χ0n) is 14.8. The van der Waals surface area contributed by atoms with Crippen molar-refractivity contribution in [1.29, 1.82) is 0 Å². The van der Waals surface area contributed by atoms with E-state index < -0.39 is 10.7 Å². The molecule has 140 valence electrons. The van der Waals surface area contributed by atoms with Crippen LogP contribution in [0.1, 0.15) is 27.5 Å². The van der Waals surface area contributed by atoms with Crippen LogP contribution in [0.3, 0.4) is 0 Å². The second kappa shape index (κ2) is 7.45. The lowest BCUT2D eigenvalue weighted by atomic mass is 10.1. The Kier molecular flexibility index (Phi) is 5.07. The van der Waals surface area contributed by atoms with E-state index in [-0.39, 0.29) is 23.8 Å². The van der Waals surface area contributed by atoms with E-state index >= 15 is 0 Å². The van der Waals surface area contributed by atoms with E-state index in [1.807, 2.05) is 24.5 Å². The number of non-ortho nitro benzene ring substituents is 1. The first-order valence-corrected chi connectivity index (χ1v) is 8.16. The van der Waals surface area contributed by atoms with E-state index in [1.165, 1.54) is 0 Å². The Morgan fingerprint density at radius 1 is 1.30 bits per heavy atom. The summed E-state index contributed by atoms with van der Waals surface area (Å²) < 4.78 is 26.4. The zero-order valence-corrected chi connectivity index (χ0v) is 14.8. The van der Waals surface area contributed by atoms with Gasteiger partial charge >= 0.3 is 0 Å². The van der Waals surface area contributed by atoms with Crippen molar-refractivity contribution < 1.29 is 23.3 Å². The van der Waals surface area contributed by atoms with Gasteiger partial charge in [-0.1, -0.05) is 0 Å². The maximum atomic E-state index is 13.9.